The van der Waals surface area contributed by atoms with E-state index in [0.717, 1.165) is 18.3 Å². The number of sulfonamides is 1. The van der Waals surface area contributed by atoms with Gasteiger partial charge in [0.15, 0.2) is 0 Å². The minimum atomic E-state index is -4.39. The summed E-state index contributed by atoms with van der Waals surface area (Å²) in [5.74, 6) is -2.79. The van der Waals surface area contributed by atoms with Crippen LogP contribution in [0, 0.1) is 11.7 Å². The lowest BCUT2D eigenvalue weighted by atomic mass is 9.87. The Morgan fingerprint density at radius 3 is 2.60 bits per heavy atom. The number of methoxy groups -OCH3 is 1. The Kier molecular flexibility index (Phi) is 5.99. The van der Waals surface area contributed by atoms with Gasteiger partial charge in [0.2, 0.25) is 6.43 Å². The van der Waals surface area contributed by atoms with Gasteiger partial charge < -0.3 is 9.72 Å². The molecule has 0 saturated heterocycles. The SMILES string of the molecule is COc1cc(NS(=O)(=O)c2c[nH]c3c2CCC(C(F)(F)F)C3)c(F)cc1CC(F)F. The standard InChI is InChI=1S/C18H18F6N2O3S/c1-29-15-7-14(12(19)4-9(15)5-17(20)21)26-30(27,28)16-8-25-13-6-10(18(22,23)24)2-3-11(13)16/h4,7-8,10,17,25-26H,2-3,5-6H2,1H3. The van der Waals surface area contributed by atoms with Crippen LogP contribution in [0.2, 0.25) is 0 Å². The van der Waals surface area contributed by atoms with Crippen LogP contribution in [-0.2, 0) is 29.3 Å². The Morgan fingerprint density at radius 2 is 2.00 bits per heavy atom. The summed E-state index contributed by atoms with van der Waals surface area (Å²) >= 11 is 0. The summed E-state index contributed by atoms with van der Waals surface area (Å²) in [7, 11) is -3.19. The van der Waals surface area contributed by atoms with Crippen LogP contribution in [0.3, 0.4) is 0 Å². The molecule has 0 amide bonds. The molecule has 2 aromatic rings. The van der Waals surface area contributed by atoms with Gasteiger partial charge in [0.05, 0.1) is 18.7 Å². The fourth-order valence-corrected chi connectivity index (χ4v) is 4.83. The highest BCUT2D eigenvalue weighted by Crippen LogP contribution is 2.39. The third-order valence-electron chi connectivity index (χ3n) is 4.97. The predicted octanol–water partition coefficient (Wildman–Crippen LogP) is 4.44. The topological polar surface area (TPSA) is 71.2 Å². The second kappa shape index (κ2) is 8.05. The molecule has 1 heterocycles. The van der Waals surface area contributed by atoms with Crippen molar-refractivity contribution >= 4 is 15.7 Å². The number of halogens is 6. The third kappa shape index (κ3) is 4.52. The van der Waals surface area contributed by atoms with Crippen molar-refractivity contribution in [3.05, 3.63) is 41.0 Å². The van der Waals surface area contributed by atoms with Crippen molar-refractivity contribution in [3.63, 3.8) is 0 Å². The Bertz CT molecular complexity index is 1030. The van der Waals surface area contributed by atoms with E-state index in [1.165, 1.54) is 7.11 Å². The number of fused-ring (bicyclic) bond motifs is 1. The largest absolute Gasteiger partial charge is 0.496 e. The molecule has 166 valence electrons. The zero-order chi connectivity index (χ0) is 22.3. The van der Waals surface area contributed by atoms with E-state index >= 15 is 0 Å². The minimum Gasteiger partial charge on any atom is -0.496 e. The fraction of sp³-hybridized carbons (Fsp3) is 0.444. The van der Waals surface area contributed by atoms with Gasteiger partial charge in [-0.1, -0.05) is 0 Å². The van der Waals surface area contributed by atoms with E-state index in [0.29, 0.717) is 0 Å². The lowest BCUT2D eigenvalue weighted by Crippen LogP contribution is -2.29. The molecule has 0 radical (unpaired) electrons. The lowest BCUT2D eigenvalue weighted by Gasteiger charge is -2.25. The van der Waals surface area contributed by atoms with Crippen molar-refractivity contribution in [1.29, 1.82) is 0 Å². The molecule has 0 bridgehead atoms. The number of hydrogen-bond donors (Lipinski definition) is 2. The number of aromatic amines is 1. The molecule has 1 aliphatic rings. The molecule has 5 nitrogen and oxygen atoms in total. The number of benzene rings is 1. The molecule has 0 fully saturated rings. The van der Waals surface area contributed by atoms with Gasteiger partial charge in [0.25, 0.3) is 10.0 Å². The van der Waals surface area contributed by atoms with Gasteiger partial charge in [-0.25, -0.2) is 21.6 Å². The highest BCUT2D eigenvalue weighted by atomic mass is 32.2. The van der Waals surface area contributed by atoms with E-state index < -0.39 is 46.5 Å². The van der Waals surface area contributed by atoms with Crippen molar-refractivity contribution in [2.24, 2.45) is 5.92 Å². The Morgan fingerprint density at radius 1 is 1.30 bits per heavy atom. The van der Waals surface area contributed by atoms with E-state index in [2.05, 4.69) is 4.98 Å². The van der Waals surface area contributed by atoms with E-state index in [1.807, 2.05) is 4.72 Å². The van der Waals surface area contributed by atoms with Gasteiger partial charge in [-0.3, -0.25) is 4.72 Å². The highest BCUT2D eigenvalue weighted by Gasteiger charge is 2.42. The summed E-state index contributed by atoms with van der Waals surface area (Å²) in [6.07, 6.45) is -7.61. The summed E-state index contributed by atoms with van der Waals surface area (Å²) < 4.78 is 111. The van der Waals surface area contributed by atoms with Crippen molar-refractivity contribution in [1.82, 2.24) is 4.98 Å². The van der Waals surface area contributed by atoms with Crippen molar-refractivity contribution in [2.75, 3.05) is 11.8 Å². The maximum Gasteiger partial charge on any atom is 0.392 e. The molecule has 0 aliphatic heterocycles. The second-order valence-electron chi connectivity index (χ2n) is 6.94. The molecule has 3 rings (SSSR count). The van der Waals surface area contributed by atoms with Crippen LogP contribution >= 0.6 is 0 Å². The van der Waals surface area contributed by atoms with E-state index in [-0.39, 0.29) is 46.7 Å². The van der Waals surface area contributed by atoms with Crippen molar-refractivity contribution < 1.29 is 39.5 Å². The quantitative estimate of drug-likeness (QED) is 0.632. The van der Waals surface area contributed by atoms with Gasteiger partial charge >= 0.3 is 6.18 Å². The molecule has 0 spiro atoms. The molecule has 1 unspecified atom stereocenters. The van der Waals surface area contributed by atoms with Gasteiger partial charge in [-0.15, -0.1) is 0 Å². The maximum absolute atomic E-state index is 14.4. The monoisotopic (exact) mass is 456 g/mol. The highest BCUT2D eigenvalue weighted by molar-refractivity contribution is 7.92. The van der Waals surface area contributed by atoms with Gasteiger partial charge in [0.1, 0.15) is 16.5 Å². The first-order chi connectivity index (χ1) is 13.9. The van der Waals surface area contributed by atoms with Crippen LogP contribution in [0.4, 0.5) is 32.0 Å². The number of hydrogen-bond acceptors (Lipinski definition) is 3. The molecule has 1 aromatic carbocycles. The molecule has 12 heteroatoms. The Labute approximate surface area is 168 Å². The predicted molar refractivity (Wildman–Crippen MR) is 95.8 cm³/mol. The number of rotatable bonds is 6. The zero-order valence-corrected chi connectivity index (χ0v) is 16.4. The molecule has 2 N–H and O–H groups in total. The molecular formula is C18H18F6N2O3S. The molecule has 1 atom stereocenters. The first-order valence-electron chi connectivity index (χ1n) is 8.85. The van der Waals surface area contributed by atoms with Crippen LogP contribution < -0.4 is 9.46 Å². The van der Waals surface area contributed by atoms with Crippen molar-refractivity contribution in [3.8, 4) is 5.75 Å². The summed E-state index contributed by atoms with van der Waals surface area (Å²) in [6.45, 7) is 0. The number of anilines is 1. The van der Waals surface area contributed by atoms with Crippen LogP contribution in [0.25, 0.3) is 0 Å². The van der Waals surface area contributed by atoms with E-state index in [9.17, 15) is 34.8 Å². The minimum absolute atomic E-state index is 0.113. The Hall–Kier alpha value is -2.37. The molecular weight excluding hydrogens is 438 g/mol. The first kappa shape index (κ1) is 22.3. The zero-order valence-electron chi connectivity index (χ0n) is 15.6. The molecule has 1 aromatic heterocycles. The number of H-pyrrole nitrogens is 1. The van der Waals surface area contributed by atoms with Crippen molar-refractivity contribution in [2.45, 2.75) is 43.2 Å². The number of alkyl halides is 5. The lowest BCUT2D eigenvalue weighted by molar-refractivity contribution is -0.177. The average Bonchev–Trinajstić information content (AvgIpc) is 3.06. The van der Waals surface area contributed by atoms with Crippen LogP contribution in [0.15, 0.2) is 23.2 Å². The summed E-state index contributed by atoms with van der Waals surface area (Å²) in [5.41, 5.74) is -0.284. The molecule has 1 aliphatic carbocycles. The van der Waals surface area contributed by atoms with Gasteiger partial charge in [0, 0.05) is 29.9 Å². The first-order valence-corrected chi connectivity index (χ1v) is 10.3. The second-order valence-corrected chi connectivity index (χ2v) is 8.59. The molecule has 30 heavy (non-hydrogen) atoms. The summed E-state index contributed by atoms with van der Waals surface area (Å²) in [5, 5.41) is 0. The van der Waals surface area contributed by atoms with Crippen LogP contribution in [0.1, 0.15) is 23.2 Å². The number of nitrogens with one attached hydrogen (secondary N) is 2. The summed E-state index contributed by atoms with van der Waals surface area (Å²) in [4.78, 5) is 2.28. The van der Waals surface area contributed by atoms with Gasteiger partial charge in [-0.2, -0.15) is 13.2 Å². The number of ether oxygens (including phenoxy) is 1. The van der Waals surface area contributed by atoms with E-state index in [1.54, 1.807) is 0 Å². The average molecular weight is 456 g/mol. The Balaban J connectivity index is 1.89. The van der Waals surface area contributed by atoms with Crippen LogP contribution in [0.5, 0.6) is 5.75 Å². The van der Waals surface area contributed by atoms with Crippen LogP contribution in [-0.4, -0.2) is 33.1 Å². The summed E-state index contributed by atoms with van der Waals surface area (Å²) in [6, 6.07) is 1.70. The molecule has 0 saturated carbocycles. The fourth-order valence-electron chi connectivity index (χ4n) is 3.51. The third-order valence-corrected chi connectivity index (χ3v) is 6.41. The van der Waals surface area contributed by atoms with E-state index in [4.69, 9.17) is 4.74 Å². The van der Waals surface area contributed by atoms with Gasteiger partial charge in [-0.05, 0) is 30.9 Å². The maximum atomic E-state index is 14.4. The normalized spacial score (nSPS) is 17.1. The smallest absolute Gasteiger partial charge is 0.392 e. The number of aromatic nitrogens is 1.